The maximum Gasteiger partial charge on any atom is 0.271 e. The summed E-state index contributed by atoms with van der Waals surface area (Å²) in [7, 11) is 1.92. The van der Waals surface area contributed by atoms with E-state index in [1.54, 1.807) is 17.1 Å². The fraction of sp³-hybridized carbons (Fsp3) is 0.444. The molecular weight excluding hydrogens is 226 g/mol. The van der Waals surface area contributed by atoms with E-state index in [0.717, 1.165) is 24.7 Å². The Morgan fingerprint density at radius 2 is 2.44 bits per heavy atom. The van der Waals surface area contributed by atoms with Crippen LogP contribution in [-0.4, -0.2) is 38.5 Å². The number of imidazole rings is 1. The van der Waals surface area contributed by atoms with Gasteiger partial charge in [-0.05, 0) is 20.0 Å². The van der Waals surface area contributed by atoms with E-state index in [-0.39, 0.29) is 0 Å². The normalized spacial score (nSPS) is 10.6. The molecule has 0 fully saturated rings. The number of rotatable bonds is 6. The van der Waals surface area contributed by atoms with Gasteiger partial charge in [0.15, 0.2) is 0 Å². The highest BCUT2D eigenvalue weighted by molar-refractivity contribution is 6.99. The van der Waals surface area contributed by atoms with Gasteiger partial charge in [-0.25, -0.2) is 4.98 Å². The maximum atomic E-state index is 5.55. The Bertz CT molecular complexity index is 413. The van der Waals surface area contributed by atoms with E-state index in [1.165, 1.54) is 0 Å². The molecule has 0 amide bonds. The smallest absolute Gasteiger partial charge is 0.271 e. The zero-order chi connectivity index (χ0) is 11.2. The molecule has 0 saturated carbocycles. The molecule has 0 bridgehead atoms. The van der Waals surface area contributed by atoms with E-state index >= 15 is 0 Å². The lowest BCUT2D eigenvalue weighted by atomic mass is 10.4. The van der Waals surface area contributed by atoms with E-state index in [1.807, 2.05) is 13.2 Å². The van der Waals surface area contributed by atoms with E-state index in [0.29, 0.717) is 18.3 Å². The van der Waals surface area contributed by atoms with E-state index in [9.17, 15) is 0 Å². The highest BCUT2D eigenvalue weighted by atomic mass is 32.1. The zero-order valence-electron chi connectivity index (χ0n) is 8.96. The summed E-state index contributed by atoms with van der Waals surface area (Å²) in [4.78, 5) is 3.96. The molecule has 2 heterocycles. The molecular formula is C9H13N5OS. The third kappa shape index (κ3) is 2.56. The molecule has 0 saturated heterocycles. The number of hydrogen-bond donors (Lipinski definition) is 1. The first-order chi connectivity index (χ1) is 7.92. The van der Waals surface area contributed by atoms with Gasteiger partial charge in [0.05, 0.1) is 18.3 Å². The molecule has 0 aliphatic heterocycles. The Morgan fingerprint density at radius 1 is 1.50 bits per heavy atom. The molecule has 0 unspecified atom stereocenters. The van der Waals surface area contributed by atoms with E-state index in [4.69, 9.17) is 4.74 Å². The van der Waals surface area contributed by atoms with Gasteiger partial charge in [0, 0.05) is 12.4 Å². The average molecular weight is 239 g/mol. The number of nitrogens with one attached hydrogen (secondary N) is 1. The molecule has 86 valence electrons. The zero-order valence-corrected chi connectivity index (χ0v) is 9.78. The number of ether oxygens (including phenoxy) is 1. The second kappa shape index (κ2) is 5.57. The lowest BCUT2D eigenvalue weighted by Gasteiger charge is -2.04. The van der Waals surface area contributed by atoms with Crippen molar-refractivity contribution in [3.05, 3.63) is 18.7 Å². The summed E-state index contributed by atoms with van der Waals surface area (Å²) in [6, 6.07) is 0. The van der Waals surface area contributed by atoms with Crippen molar-refractivity contribution in [1.29, 1.82) is 0 Å². The molecule has 16 heavy (non-hydrogen) atoms. The van der Waals surface area contributed by atoms with Crippen LogP contribution in [0, 0.1) is 0 Å². The van der Waals surface area contributed by atoms with Crippen LogP contribution in [-0.2, 0) is 0 Å². The van der Waals surface area contributed by atoms with Gasteiger partial charge >= 0.3 is 0 Å². The van der Waals surface area contributed by atoms with Crippen LogP contribution in [0.4, 0.5) is 0 Å². The Labute approximate surface area is 97.6 Å². The van der Waals surface area contributed by atoms with Gasteiger partial charge in [-0.1, -0.05) is 0 Å². The van der Waals surface area contributed by atoms with Crippen molar-refractivity contribution in [2.45, 2.75) is 6.42 Å². The molecule has 7 heteroatoms. The molecule has 2 rings (SSSR count). The van der Waals surface area contributed by atoms with Gasteiger partial charge in [0.1, 0.15) is 6.33 Å². The van der Waals surface area contributed by atoms with E-state index < -0.39 is 0 Å². The second-order valence-electron chi connectivity index (χ2n) is 3.17. The third-order valence-corrected chi connectivity index (χ3v) is 2.50. The van der Waals surface area contributed by atoms with Gasteiger partial charge in [-0.2, -0.15) is 4.37 Å². The summed E-state index contributed by atoms with van der Waals surface area (Å²) in [6.45, 7) is 1.56. The highest BCUT2D eigenvalue weighted by Gasteiger charge is 2.10. The minimum Gasteiger partial charge on any atom is -0.474 e. The lowest BCUT2D eigenvalue weighted by Crippen LogP contribution is -2.12. The molecule has 0 atom stereocenters. The molecule has 2 aromatic rings. The van der Waals surface area contributed by atoms with Crippen LogP contribution in [0.25, 0.3) is 5.82 Å². The van der Waals surface area contributed by atoms with Gasteiger partial charge < -0.3 is 10.1 Å². The van der Waals surface area contributed by atoms with Gasteiger partial charge in [0.25, 0.3) is 5.88 Å². The Morgan fingerprint density at radius 3 is 3.19 bits per heavy atom. The summed E-state index contributed by atoms with van der Waals surface area (Å²) >= 11 is 1.14. The van der Waals surface area contributed by atoms with Crippen LogP contribution in [0.2, 0.25) is 0 Å². The molecule has 1 N–H and O–H groups in total. The SMILES string of the molecule is CNCCCOc1nsnc1-n1ccnc1. The van der Waals surface area contributed by atoms with Crippen LogP contribution < -0.4 is 10.1 Å². The first-order valence-electron chi connectivity index (χ1n) is 5.00. The van der Waals surface area contributed by atoms with Gasteiger partial charge in [-0.3, -0.25) is 4.57 Å². The fourth-order valence-corrected chi connectivity index (χ4v) is 1.73. The Kier molecular flexibility index (Phi) is 3.84. The van der Waals surface area contributed by atoms with Crippen molar-refractivity contribution < 1.29 is 4.74 Å². The van der Waals surface area contributed by atoms with Crippen LogP contribution in [0.3, 0.4) is 0 Å². The van der Waals surface area contributed by atoms with Crippen molar-refractivity contribution in [2.75, 3.05) is 20.2 Å². The quantitative estimate of drug-likeness (QED) is 0.752. The largest absolute Gasteiger partial charge is 0.474 e. The molecule has 6 nitrogen and oxygen atoms in total. The summed E-state index contributed by atoms with van der Waals surface area (Å²) in [6.07, 6.45) is 6.13. The number of hydrogen-bond acceptors (Lipinski definition) is 6. The lowest BCUT2D eigenvalue weighted by molar-refractivity contribution is 0.300. The van der Waals surface area contributed by atoms with Crippen LogP contribution in [0.15, 0.2) is 18.7 Å². The molecule has 0 spiro atoms. The first-order valence-corrected chi connectivity index (χ1v) is 5.73. The van der Waals surface area contributed by atoms with Crippen molar-refractivity contribution in [3.8, 4) is 11.7 Å². The third-order valence-electron chi connectivity index (χ3n) is 2.00. The second-order valence-corrected chi connectivity index (χ2v) is 3.70. The highest BCUT2D eigenvalue weighted by Crippen LogP contribution is 2.19. The molecule has 0 aliphatic rings. The van der Waals surface area contributed by atoms with Crippen molar-refractivity contribution >= 4 is 11.7 Å². The van der Waals surface area contributed by atoms with Crippen molar-refractivity contribution in [3.63, 3.8) is 0 Å². The monoisotopic (exact) mass is 239 g/mol. The Balaban J connectivity index is 1.97. The fourth-order valence-electron chi connectivity index (χ4n) is 1.23. The summed E-state index contributed by atoms with van der Waals surface area (Å²) in [5, 5.41) is 3.06. The van der Waals surface area contributed by atoms with Crippen molar-refractivity contribution in [2.24, 2.45) is 0 Å². The molecule has 0 radical (unpaired) electrons. The first kappa shape index (κ1) is 11.0. The van der Waals surface area contributed by atoms with E-state index in [2.05, 4.69) is 19.0 Å². The van der Waals surface area contributed by atoms with Crippen molar-refractivity contribution in [1.82, 2.24) is 23.6 Å². The van der Waals surface area contributed by atoms with Crippen LogP contribution in [0.1, 0.15) is 6.42 Å². The van der Waals surface area contributed by atoms with Crippen LogP contribution in [0.5, 0.6) is 5.88 Å². The molecule has 0 aliphatic carbocycles. The van der Waals surface area contributed by atoms with Gasteiger partial charge in [-0.15, -0.1) is 4.37 Å². The summed E-state index contributed by atoms with van der Waals surface area (Å²) in [5.41, 5.74) is 0. The van der Waals surface area contributed by atoms with Crippen LogP contribution >= 0.6 is 11.7 Å². The number of nitrogens with zero attached hydrogens (tertiary/aromatic N) is 4. The number of aromatic nitrogens is 4. The average Bonchev–Trinajstić information content (AvgIpc) is 2.94. The molecule has 2 aromatic heterocycles. The standard InChI is InChI=1S/C9H13N5OS/c1-10-3-2-6-15-9-8(12-16-13-9)14-5-4-11-7-14/h4-5,7,10H,2-3,6H2,1H3. The maximum absolute atomic E-state index is 5.55. The minimum absolute atomic E-state index is 0.569. The molecule has 0 aromatic carbocycles. The van der Waals surface area contributed by atoms with Gasteiger partial charge in [0.2, 0.25) is 5.82 Å². The predicted octanol–water partition coefficient (Wildman–Crippen LogP) is 0.712. The summed E-state index contributed by atoms with van der Waals surface area (Å²) < 4.78 is 15.6. The summed E-state index contributed by atoms with van der Waals surface area (Å²) in [5.74, 6) is 1.27. The topological polar surface area (TPSA) is 64.9 Å². The minimum atomic E-state index is 0.569. The predicted molar refractivity (Wildman–Crippen MR) is 61.1 cm³/mol. The Hall–Kier alpha value is -1.47.